The van der Waals surface area contributed by atoms with Gasteiger partial charge >= 0.3 is 5.97 Å². The molecule has 6 N–H and O–H groups in total. The Labute approximate surface area is 130 Å². The van der Waals surface area contributed by atoms with E-state index < -0.39 is 11.6 Å². The van der Waals surface area contributed by atoms with Crippen molar-refractivity contribution in [3.05, 3.63) is 46.5 Å². The summed E-state index contributed by atoms with van der Waals surface area (Å²) in [6.45, 7) is 5.88. The second kappa shape index (κ2) is 5.98. The summed E-state index contributed by atoms with van der Waals surface area (Å²) in [5.74, 6) is -1.05. The van der Waals surface area contributed by atoms with E-state index in [0.717, 1.165) is 5.70 Å². The topological polar surface area (TPSA) is 111 Å². The molecule has 0 amide bonds. The molecule has 120 valence electrons. The van der Waals surface area contributed by atoms with Crippen LogP contribution in [0, 0.1) is 0 Å². The van der Waals surface area contributed by atoms with Gasteiger partial charge in [0.1, 0.15) is 11.2 Å². The Kier molecular flexibility index (Phi) is 4.44. The van der Waals surface area contributed by atoms with Crippen LogP contribution in [0.2, 0.25) is 0 Å². The van der Waals surface area contributed by atoms with Gasteiger partial charge in [-0.05, 0) is 32.4 Å². The average molecular weight is 305 g/mol. The molecule has 2 unspecified atom stereocenters. The second-order valence-electron chi connectivity index (χ2n) is 5.69. The van der Waals surface area contributed by atoms with Crippen molar-refractivity contribution in [1.29, 1.82) is 0 Å². The van der Waals surface area contributed by atoms with Gasteiger partial charge in [0.05, 0.1) is 12.3 Å². The Morgan fingerprint density at radius 2 is 2.23 bits per heavy atom. The molecule has 0 saturated carbocycles. The monoisotopic (exact) mass is 305 g/mol. The number of hydrogen-bond acceptors (Lipinski definition) is 5. The van der Waals surface area contributed by atoms with Crippen molar-refractivity contribution in [1.82, 2.24) is 5.32 Å². The van der Waals surface area contributed by atoms with E-state index in [2.05, 4.69) is 5.32 Å². The third-order valence-electron chi connectivity index (χ3n) is 3.90. The summed E-state index contributed by atoms with van der Waals surface area (Å²) >= 11 is 0. The number of carboxylic acid groups (broad SMARTS) is 1. The van der Waals surface area contributed by atoms with E-state index in [1.165, 1.54) is 0 Å². The summed E-state index contributed by atoms with van der Waals surface area (Å²) < 4.78 is 6.04. The molecule has 0 radical (unpaired) electrons. The Balaban J connectivity index is 2.56. The van der Waals surface area contributed by atoms with Crippen molar-refractivity contribution in [2.75, 3.05) is 6.61 Å². The van der Waals surface area contributed by atoms with Crippen molar-refractivity contribution >= 4 is 5.97 Å². The highest BCUT2D eigenvalue weighted by molar-refractivity contribution is 5.94. The van der Waals surface area contributed by atoms with Gasteiger partial charge in [0.15, 0.2) is 0 Å². The zero-order chi connectivity index (χ0) is 16.5. The molecule has 6 nitrogen and oxygen atoms in total. The maximum atomic E-state index is 11.5. The van der Waals surface area contributed by atoms with Crippen LogP contribution in [0.15, 0.2) is 46.5 Å². The van der Waals surface area contributed by atoms with Crippen molar-refractivity contribution in [2.45, 2.75) is 38.8 Å². The third kappa shape index (κ3) is 2.67. The Morgan fingerprint density at radius 1 is 1.55 bits per heavy atom. The number of fused-ring (bicyclic) bond motifs is 1. The molecule has 0 aromatic carbocycles. The average Bonchev–Trinajstić information content (AvgIpc) is 2.44. The van der Waals surface area contributed by atoms with Crippen LogP contribution in [0.1, 0.15) is 27.2 Å². The van der Waals surface area contributed by atoms with Gasteiger partial charge in [0.25, 0.3) is 0 Å². The van der Waals surface area contributed by atoms with E-state index in [9.17, 15) is 9.90 Å². The van der Waals surface area contributed by atoms with E-state index in [-0.39, 0.29) is 17.3 Å². The first-order valence-electron chi connectivity index (χ1n) is 7.33. The first-order chi connectivity index (χ1) is 10.3. The predicted molar refractivity (Wildman–Crippen MR) is 84.5 cm³/mol. The van der Waals surface area contributed by atoms with Crippen LogP contribution in [0.4, 0.5) is 0 Å². The van der Waals surface area contributed by atoms with Crippen LogP contribution in [-0.2, 0) is 9.53 Å². The van der Waals surface area contributed by atoms with Crippen molar-refractivity contribution in [3.63, 3.8) is 0 Å². The molecule has 0 bridgehead atoms. The normalized spacial score (nSPS) is 25.5. The van der Waals surface area contributed by atoms with Gasteiger partial charge in [-0.25, -0.2) is 4.79 Å². The summed E-state index contributed by atoms with van der Waals surface area (Å²) in [5.41, 5.74) is 13.5. The van der Waals surface area contributed by atoms with Crippen LogP contribution >= 0.6 is 0 Å². The van der Waals surface area contributed by atoms with Gasteiger partial charge in [0, 0.05) is 23.0 Å². The predicted octanol–water partition coefficient (Wildman–Crippen LogP) is 1.13. The van der Waals surface area contributed by atoms with E-state index in [1.807, 2.05) is 32.1 Å². The number of rotatable bonds is 5. The Bertz CT molecular complexity index is 614. The molecule has 0 spiro atoms. The third-order valence-corrected chi connectivity index (χ3v) is 3.90. The molecule has 1 aliphatic carbocycles. The maximum Gasteiger partial charge on any atom is 0.339 e. The van der Waals surface area contributed by atoms with Gasteiger partial charge < -0.3 is 26.6 Å². The first-order valence-corrected chi connectivity index (χ1v) is 7.33. The van der Waals surface area contributed by atoms with Crippen LogP contribution in [0.3, 0.4) is 0 Å². The molecule has 0 aromatic rings. The number of carboxylic acids is 1. The molecule has 2 atom stereocenters. The fourth-order valence-corrected chi connectivity index (χ4v) is 2.84. The zero-order valence-electron chi connectivity index (χ0n) is 13.1. The smallest absolute Gasteiger partial charge is 0.339 e. The van der Waals surface area contributed by atoms with Gasteiger partial charge in [-0.1, -0.05) is 13.0 Å². The molecular formula is C16H23N3O3. The van der Waals surface area contributed by atoms with Crippen molar-refractivity contribution < 1.29 is 14.6 Å². The molecule has 0 fully saturated rings. The van der Waals surface area contributed by atoms with Gasteiger partial charge in [-0.15, -0.1) is 0 Å². The molecule has 0 aromatic heterocycles. The van der Waals surface area contributed by atoms with E-state index in [4.69, 9.17) is 16.2 Å². The SMILES string of the molecule is CCC1(OCC(C)N)C=CC=C2NC(C)=C(C(=O)O)C(N)=C21. The lowest BCUT2D eigenvalue weighted by atomic mass is 9.80. The van der Waals surface area contributed by atoms with Crippen LogP contribution in [0.25, 0.3) is 0 Å². The van der Waals surface area contributed by atoms with Gasteiger partial charge in [-0.2, -0.15) is 0 Å². The minimum absolute atomic E-state index is 0.0877. The van der Waals surface area contributed by atoms with E-state index >= 15 is 0 Å². The van der Waals surface area contributed by atoms with Crippen LogP contribution in [-0.4, -0.2) is 29.3 Å². The van der Waals surface area contributed by atoms with Crippen LogP contribution in [0.5, 0.6) is 0 Å². The fraction of sp³-hybridized carbons (Fsp3) is 0.438. The number of nitrogens with two attached hydrogens (primary N) is 2. The molecule has 1 heterocycles. The lowest BCUT2D eigenvalue weighted by molar-refractivity contribution is -0.132. The highest BCUT2D eigenvalue weighted by Crippen LogP contribution is 2.40. The van der Waals surface area contributed by atoms with E-state index in [1.54, 1.807) is 6.92 Å². The fourth-order valence-electron chi connectivity index (χ4n) is 2.84. The summed E-state index contributed by atoms with van der Waals surface area (Å²) in [5, 5.41) is 12.5. The number of dihydropyridines is 1. The maximum absolute atomic E-state index is 11.5. The largest absolute Gasteiger partial charge is 0.478 e. The molecule has 6 heteroatoms. The lowest BCUT2D eigenvalue weighted by Crippen LogP contribution is -2.44. The number of aliphatic carboxylic acids is 1. The summed E-state index contributed by atoms with van der Waals surface area (Å²) in [6, 6.07) is -0.124. The summed E-state index contributed by atoms with van der Waals surface area (Å²) in [7, 11) is 0. The number of allylic oxidation sites excluding steroid dienone is 3. The minimum Gasteiger partial charge on any atom is -0.478 e. The number of carbonyl (C=O) groups is 1. The van der Waals surface area contributed by atoms with Gasteiger partial charge in [0.2, 0.25) is 0 Å². The molecule has 2 rings (SSSR count). The van der Waals surface area contributed by atoms with Crippen LogP contribution < -0.4 is 16.8 Å². The summed E-state index contributed by atoms with van der Waals surface area (Å²) in [6.07, 6.45) is 6.29. The van der Waals surface area contributed by atoms with E-state index in [0.29, 0.717) is 24.3 Å². The number of nitrogens with one attached hydrogen (secondary N) is 1. The molecule has 2 aliphatic rings. The van der Waals surface area contributed by atoms with Gasteiger partial charge in [-0.3, -0.25) is 0 Å². The lowest BCUT2D eigenvalue weighted by Gasteiger charge is -2.39. The summed E-state index contributed by atoms with van der Waals surface area (Å²) in [4.78, 5) is 11.5. The van der Waals surface area contributed by atoms with Crippen molar-refractivity contribution in [2.24, 2.45) is 11.5 Å². The standard InChI is InChI=1S/C16H23N3O3/c1-4-16(22-8-9(2)17)7-5-6-11-13(16)14(18)12(15(20)21)10(3)19-11/h5-7,9,19H,4,8,17-18H2,1-3H3,(H,20,21). The zero-order valence-corrected chi connectivity index (χ0v) is 13.1. The number of ether oxygens (including phenoxy) is 1. The molecule has 1 aliphatic heterocycles. The first kappa shape index (κ1) is 16.3. The highest BCUT2D eigenvalue weighted by Gasteiger charge is 2.40. The van der Waals surface area contributed by atoms with Crippen molar-refractivity contribution in [3.8, 4) is 0 Å². The quantitative estimate of drug-likeness (QED) is 0.606. The minimum atomic E-state index is -1.05. The second-order valence-corrected chi connectivity index (χ2v) is 5.69. The highest BCUT2D eigenvalue weighted by atomic mass is 16.5. The molecule has 0 saturated heterocycles. The molecule has 22 heavy (non-hydrogen) atoms. The Hall–Kier alpha value is -2.05. The molecular weight excluding hydrogens is 282 g/mol. The number of hydrogen-bond donors (Lipinski definition) is 4. The Morgan fingerprint density at radius 3 is 2.77 bits per heavy atom.